The fourth-order valence-corrected chi connectivity index (χ4v) is 3.12. The number of aromatic nitrogens is 4. The van der Waals surface area contributed by atoms with Gasteiger partial charge in [0.1, 0.15) is 11.8 Å². The van der Waals surface area contributed by atoms with Gasteiger partial charge in [-0.2, -0.15) is 0 Å². The molecule has 0 unspecified atom stereocenters. The van der Waals surface area contributed by atoms with Gasteiger partial charge in [-0.15, -0.1) is 0 Å². The number of anilines is 1. The molecule has 3 heterocycles. The Kier molecular flexibility index (Phi) is 3.77. The van der Waals surface area contributed by atoms with Crippen molar-refractivity contribution in [3.63, 3.8) is 0 Å². The lowest BCUT2D eigenvalue weighted by atomic mass is 9.90. The number of nitrogens with one attached hydrogen (secondary N) is 1. The second-order valence-corrected chi connectivity index (χ2v) is 5.91. The molecule has 0 aliphatic carbocycles. The highest BCUT2D eigenvalue weighted by Crippen LogP contribution is 2.30. The number of hydrogen-bond donors (Lipinski definition) is 1. The number of H-pyrrole nitrogens is 1. The smallest absolute Gasteiger partial charge is 0.182 e. The summed E-state index contributed by atoms with van der Waals surface area (Å²) in [6, 6.07) is 0. The maximum absolute atomic E-state index is 5.83. The summed E-state index contributed by atoms with van der Waals surface area (Å²) < 4.78 is 5.83. The zero-order chi connectivity index (χ0) is 14.9. The molecule has 7 heteroatoms. The summed E-state index contributed by atoms with van der Waals surface area (Å²) in [6.45, 7) is 2.79. The Morgan fingerprint density at radius 2 is 2.05 bits per heavy atom. The first kappa shape index (κ1) is 14.2. The molecule has 1 aliphatic rings. The predicted molar refractivity (Wildman–Crippen MR) is 81.4 cm³/mol. The molecule has 1 N–H and O–H groups in total. The first-order chi connectivity index (χ1) is 10.1. The van der Waals surface area contributed by atoms with Crippen LogP contribution < -0.4 is 4.90 Å². The minimum atomic E-state index is -0.0554. The van der Waals surface area contributed by atoms with Crippen molar-refractivity contribution >= 4 is 17.0 Å². The number of ether oxygens (including phenoxy) is 1. The molecule has 7 nitrogen and oxygen atoms in total. The normalized spacial score (nSPS) is 18.6. The molecule has 2 aromatic heterocycles. The van der Waals surface area contributed by atoms with Crippen molar-refractivity contribution in [3.8, 4) is 0 Å². The van der Waals surface area contributed by atoms with E-state index in [-0.39, 0.29) is 5.60 Å². The quantitative estimate of drug-likeness (QED) is 0.902. The summed E-state index contributed by atoms with van der Waals surface area (Å²) in [5.41, 5.74) is 1.58. The summed E-state index contributed by atoms with van der Waals surface area (Å²) in [7, 11) is 5.99. The Morgan fingerprint density at radius 3 is 2.71 bits per heavy atom. The summed E-state index contributed by atoms with van der Waals surface area (Å²) in [6.07, 6.45) is 5.22. The van der Waals surface area contributed by atoms with Crippen molar-refractivity contribution < 1.29 is 4.74 Å². The number of aromatic amines is 1. The second-order valence-electron chi connectivity index (χ2n) is 5.91. The van der Waals surface area contributed by atoms with Gasteiger partial charge in [0, 0.05) is 26.7 Å². The molecule has 0 atom stereocenters. The molecule has 0 aromatic carbocycles. The average molecular weight is 290 g/mol. The van der Waals surface area contributed by atoms with Crippen molar-refractivity contribution in [1.82, 2.24) is 24.8 Å². The topological polar surface area (TPSA) is 70.2 Å². The lowest BCUT2D eigenvalue weighted by Crippen LogP contribution is -2.51. The van der Waals surface area contributed by atoms with Gasteiger partial charge in [-0.1, -0.05) is 0 Å². The van der Waals surface area contributed by atoms with Crippen LogP contribution in [0.15, 0.2) is 12.7 Å². The second kappa shape index (κ2) is 5.57. The molecule has 114 valence electrons. The van der Waals surface area contributed by atoms with E-state index in [1.165, 1.54) is 0 Å². The van der Waals surface area contributed by atoms with Crippen LogP contribution in [0.2, 0.25) is 0 Å². The number of hydrogen-bond acceptors (Lipinski definition) is 6. The van der Waals surface area contributed by atoms with E-state index >= 15 is 0 Å². The lowest BCUT2D eigenvalue weighted by molar-refractivity contribution is -0.0455. The maximum atomic E-state index is 5.83. The SMILES string of the molecule is COC1(CN(C)C)CCN(c2ncnc3nc[nH]c23)CC1. The Bertz CT molecular complexity index is 602. The van der Waals surface area contributed by atoms with Gasteiger partial charge in [-0.25, -0.2) is 15.0 Å². The largest absolute Gasteiger partial charge is 0.377 e. The molecule has 0 spiro atoms. The summed E-state index contributed by atoms with van der Waals surface area (Å²) >= 11 is 0. The minimum absolute atomic E-state index is 0.0554. The van der Waals surface area contributed by atoms with E-state index in [1.807, 2.05) is 7.11 Å². The van der Waals surface area contributed by atoms with E-state index in [4.69, 9.17) is 4.74 Å². The number of piperidine rings is 1. The van der Waals surface area contributed by atoms with E-state index < -0.39 is 0 Å². The van der Waals surface area contributed by atoms with Crippen LogP contribution in [-0.2, 0) is 4.74 Å². The third-order valence-electron chi connectivity index (χ3n) is 4.21. The van der Waals surface area contributed by atoms with Crippen molar-refractivity contribution in [2.24, 2.45) is 0 Å². The molecule has 2 aromatic rings. The monoisotopic (exact) mass is 290 g/mol. The fourth-order valence-electron chi connectivity index (χ4n) is 3.12. The van der Waals surface area contributed by atoms with Crippen LogP contribution in [0, 0.1) is 0 Å². The summed E-state index contributed by atoms with van der Waals surface area (Å²) in [5, 5.41) is 0. The Labute approximate surface area is 124 Å². The first-order valence-electron chi connectivity index (χ1n) is 7.22. The highest BCUT2D eigenvalue weighted by atomic mass is 16.5. The van der Waals surface area contributed by atoms with Crippen molar-refractivity contribution in [3.05, 3.63) is 12.7 Å². The van der Waals surface area contributed by atoms with Crippen LogP contribution in [0.4, 0.5) is 5.82 Å². The van der Waals surface area contributed by atoms with Gasteiger partial charge in [-0.05, 0) is 26.9 Å². The number of rotatable bonds is 4. The van der Waals surface area contributed by atoms with Crippen LogP contribution >= 0.6 is 0 Å². The number of likely N-dealkylation sites (N-methyl/N-ethyl adjacent to an activating group) is 1. The first-order valence-corrected chi connectivity index (χ1v) is 7.22. The third-order valence-corrected chi connectivity index (χ3v) is 4.21. The maximum Gasteiger partial charge on any atom is 0.182 e. The Balaban J connectivity index is 1.78. The minimum Gasteiger partial charge on any atom is -0.377 e. The molecule has 1 saturated heterocycles. The zero-order valence-corrected chi connectivity index (χ0v) is 12.8. The number of methoxy groups -OCH3 is 1. The van der Waals surface area contributed by atoms with Gasteiger partial charge < -0.3 is 19.5 Å². The van der Waals surface area contributed by atoms with E-state index in [2.05, 4.69) is 43.8 Å². The van der Waals surface area contributed by atoms with Crippen LogP contribution in [0.1, 0.15) is 12.8 Å². The van der Waals surface area contributed by atoms with Crippen molar-refractivity contribution in [1.29, 1.82) is 0 Å². The van der Waals surface area contributed by atoms with E-state index in [1.54, 1.807) is 12.7 Å². The van der Waals surface area contributed by atoms with Crippen LogP contribution in [-0.4, -0.2) is 71.3 Å². The average Bonchev–Trinajstić information content (AvgIpc) is 2.96. The third kappa shape index (κ3) is 2.71. The van der Waals surface area contributed by atoms with Crippen molar-refractivity contribution in [2.45, 2.75) is 18.4 Å². The van der Waals surface area contributed by atoms with E-state index in [9.17, 15) is 0 Å². The molecule has 3 rings (SSSR count). The van der Waals surface area contributed by atoms with Crippen LogP contribution in [0.5, 0.6) is 0 Å². The van der Waals surface area contributed by atoms with E-state index in [0.29, 0.717) is 0 Å². The van der Waals surface area contributed by atoms with Gasteiger partial charge in [-0.3, -0.25) is 0 Å². The Hall–Kier alpha value is -1.73. The Morgan fingerprint density at radius 1 is 1.29 bits per heavy atom. The molecule has 1 aliphatic heterocycles. The van der Waals surface area contributed by atoms with Gasteiger partial charge >= 0.3 is 0 Å². The fraction of sp³-hybridized carbons (Fsp3) is 0.643. The molecular weight excluding hydrogens is 268 g/mol. The highest BCUT2D eigenvalue weighted by Gasteiger charge is 2.35. The predicted octanol–water partition coefficient (Wildman–Crippen LogP) is 0.900. The van der Waals surface area contributed by atoms with Gasteiger partial charge in [0.15, 0.2) is 11.5 Å². The molecule has 0 bridgehead atoms. The molecule has 1 fully saturated rings. The molecule has 21 heavy (non-hydrogen) atoms. The van der Waals surface area contributed by atoms with Gasteiger partial charge in [0.05, 0.1) is 11.9 Å². The number of imidazole rings is 1. The lowest BCUT2D eigenvalue weighted by Gasteiger charge is -2.42. The summed E-state index contributed by atoms with van der Waals surface area (Å²) in [5.74, 6) is 0.937. The molecule has 0 saturated carbocycles. The van der Waals surface area contributed by atoms with Crippen LogP contribution in [0.25, 0.3) is 11.2 Å². The highest BCUT2D eigenvalue weighted by molar-refractivity contribution is 5.82. The van der Waals surface area contributed by atoms with Crippen molar-refractivity contribution in [2.75, 3.05) is 45.7 Å². The number of fused-ring (bicyclic) bond motifs is 1. The molecule has 0 radical (unpaired) electrons. The number of nitrogens with zero attached hydrogens (tertiary/aromatic N) is 5. The standard InChI is InChI=1S/C14H22N6O/c1-19(2)8-14(21-3)4-6-20(7-5-14)13-11-12(16-9-15-11)17-10-18-13/h9-10H,4-8H2,1-3H3,(H,15,16,17,18). The zero-order valence-electron chi connectivity index (χ0n) is 12.8. The molecule has 0 amide bonds. The van der Waals surface area contributed by atoms with Gasteiger partial charge in [0.2, 0.25) is 0 Å². The molecular formula is C14H22N6O. The van der Waals surface area contributed by atoms with Gasteiger partial charge in [0.25, 0.3) is 0 Å². The summed E-state index contributed by atoms with van der Waals surface area (Å²) in [4.78, 5) is 20.4. The van der Waals surface area contributed by atoms with Crippen LogP contribution in [0.3, 0.4) is 0 Å². The van der Waals surface area contributed by atoms with E-state index in [0.717, 1.165) is 49.5 Å².